The fraction of sp³-hybridized carbons (Fsp3) is 0.611. The molecule has 1 aromatic rings. The van der Waals surface area contributed by atoms with Gasteiger partial charge >= 0.3 is 0 Å². The van der Waals surface area contributed by atoms with Gasteiger partial charge in [-0.05, 0) is 37.8 Å². The molecule has 126 valence electrons. The van der Waals surface area contributed by atoms with Crippen LogP contribution in [0.1, 0.15) is 51.8 Å². The van der Waals surface area contributed by atoms with Crippen LogP contribution in [0, 0.1) is 11.8 Å². The van der Waals surface area contributed by atoms with Gasteiger partial charge in [-0.3, -0.25) is 14.6 Å². The normalized spacial score (nSPS) is 17.1. The number of hydrogen-bond acceptors (Lipinski definition) is 3. The summed E-state index contributed by atoms with van der Waals surface area (Å²) in [5, 5.41) is 3.01. The van der Waals surface area contributed by atoms with E-state index in [2.05, 4.69) is 10.3 Å². The molecular weight excluding hydrogens is 290 g/mol. The number of rotatable bonds is 5. The van der Waals surface area contributed by atoms with Crippen molar-refractivity contribution in [3.8, 4) is 0 Å². The van der Waals surface area contributed by atoms with Gasteiger partial charge in [-0.1, -0.05) is 19.9 Å². The van der Waals surface area contributed by atoms with Crippen molar-refractivity contribution in [3.63, 3.8) is 0 Å². The number of hydrogen-bond donors (Lipinski definition) is 1. The van der Waals surface area contributed by atoms with Crippen LogP contribution >= 0.6 is 0 Å². The van der Waals surface area contributed by atoms with Crippen molar-refractivity contribution in [2.45, 2.75) is 46.1 Å². The average molecular weight is 317 g/mol. The molecule has 0 aliphatic carbocycles. The van der Waals surface area contributed by atoms with Crippen molar-refractivity contribution in [2.24, 2.45) is 11.8 Å². The Hall–Kier alpha value is -1.91. The molecule has 1 aliphatic rings. The number of carbonyl (C=O) groups is 2. The van der Waals surface area contributed by atoms with Gasteiger partial charge in [-0.25, -0.2) is 0 Å². The van der Waals surface area contributed by atoms with Gasteiger partial charge in [0.25, 0.3) is 0 Å². The molecule has 0 saturated carbocycles. The number of aromatic nitrogens is 1. The van der Waals surface area contributed by atoms with Gasteiger partial charge in [0.05, 0.1) is 11.7 Å². The summed E-state index contributed by atoms with van der Waals surface area (Å²) in [5.41, 5.74) is 0.873. The number of piperidine rings is 1. The molecule has 5 heteroatoms. The lowest BCUT2D eigenvalue weighted by Gasteiger charge is -2.33. The summed E-state index contributed by atoms with van der Waals surface area (Å²) in [6, 6.07) is 5.63. The minimum Gasteiger partial charge on any atom is -0.348 e. The van der Waals surface area contributed by atoms with Crippen LogP contribution in [0.4, 0.5) is 0 Å². The van der Waals surface area contributed by atoms with Crippen LogP contribution in [0.2, 0.25) is 0 Å². The number of nitrogens with zero attached hydrogens (tertiary/aromatic N) is 2. The second-order valence-corrected chi connectivity index (χ2v) is 6.67. The van der Waals surface area contributed by atoms with E-state index in [-0.39, 0.29) is 23.8 Å². The lowest BCUT2D eigenvalue weighted by molar-refractivity contribution is -0.136. The Bertz CT molecular complexity index is 522. The summed E-state index contributed by atoms with van der Waals surface area (Å²) in [5.74, 6) is 0.699. The first-order valence-corrected chi connectivity index (χ1v) is 8.46. The van der Waals surface area contributed by atoms with E-state index in [9.17, 15) is 9.59 Å². The molecule has 1 atom stereocenters. The van der Waals surface area contributed by atoms with Gasteiger partial charge in [0.15, 0.2) is 0 Å². The SMILES string of the molecule is CC(C)C(=O)N1CCC(CC(=O)N[C@H](C)c2ccccn2)CC1. The monoisotopic (exact) mass is 317 g/mol. The Morgan fingerprint density at radius 3 is 2.52 bits per heavy atom. The van der Waals surface area contributed by atoms with Gasteiger partial charge in [-0.15, -0.1) is 0 Å². The molecule has 2 heterocycles. The molecule has 0 unspecified atom stereocenters. The van der Waals surface area contributed by atoms with Gasteiger partial charge in [0.1, 0.15) is 0 Å². The third-order valence-electron chi connectivity index (χ3n) is 4.40. The minimum absolute atomic E-state index is 0.0501. The first-order chi connectivity index (χ1) is 11.0. The van der Waals surface area contributed by atoms with E-state index in [4.69, 9.17) is 0 Å². The molecule has 1 aromatic heterocycles. The predicted octanol–water partition coefficient (Wildman–Crippen LogP) is 2.54. The highest BCUT2D eigenvalue weighted by Gasteiger charge is 2.25. The van der Waals surface area contributed by atoms with Crippen molar-refractivity contribution in [1.29, 1.82) is 0 Å². The summed E-state index contributed by atoms with van der Waals surface area (Å²) in [6.45, 7) is 7.35. The lowest BCUT2D eigenvalue weighted by atomic mass is 9.92. The smallest absolute Gasteiger partial charge is 0.225 e. The molecular formula is C18H27N3O2. The maximum atomic E-state index is 12.2. The van der Waals surface area contributed by atoms with Crippen molar-refractivity contribution in [3.05, 3.63) is 30.1 Å². The molecule has 0 aromatic carbocycles. The number of likely N-dealkylation sites (tertiary alicyclic amines) is 1. The maximum Gasteiger partial charge on any atom is 0.225 e. The van der Waals surface area contributed by atoms with Gasteiger partial charge in [0, 0.05) is 31.6 Å². The van der Waals surface area contributed by atoms with Gasteiger partial charge in [-0.2, -0.15) is 0 Å². The van der Waals surface area contributed by atoms with Crippen molar-refractivity contribution in [2.75, 3.05) is 13.1 Å². The fourth-order valence-corrected chi connectivity index (χ4v) is 2.99. The first-order valence-electron chi connectivity index (χ1n) is 8.46. The minimum atomic E-state index is -0.0775. The quantitative estimate of drug-likeness (QED) is 0.908. The van der Waals surface area contributed by atoms with Crippen LogP contribution in [0.3, 0.4) is 0 Å². The van der Waals surface area contributed by atoms with Crippen LogP contribution in [-0.4, -0.2) is 34.8 Å². The Labute approximate surface area is 138 Å². The number of carbonyl (C=O) groups excluding carboxylic acids is 2. The van der Waals surface area contributed by atoms with E-state index >= 15 is 0 Å². The summed E-state index contributed by atoms with van der Waals surface area (Å²) in [6.07, 6.45) is 4.08. The molecule has 1 N–H and O–H groups in total. The summed E-state index contributed by atoms with van der Waals surface area (Å²) < 4.78 is 0. The molecule has 2 rings (SSSR count). The number of amides is 2. The zero-order valence-electron chi connectivity index (χ0n) is 14.3. The fourth-order valence-electron chi connectivity index (χ4n) is 2.99. The molecule has 0 spiro atoms. The highest BCUT2D eigenvalue weighted by atomic mass is 16.2. The van der Waals surface area contributed by atoms with E-state index in [1.807, 2.05) is 43.9 Å². The molecule has 1 fully saturated rings. The van der Waals surface area contributed by atoms with E-state index in [1.165, 1.54) is 0 Å². The van der Waals surface area contributed by atoms with Gasteiger partial charge < -0.3 is 10.2 Å². The van der Waals surface area contributed by atoms with E-state index in [1.54, 1.807) is 6.20 Å². The van der Waals surface area contributed by atoms with Crippen LogP contribution in [0.25, 0.3) is 0 Å². The largest absolute Gasteiger partial charge is 0.348 e. The van der Waals surface area contributed by atoms with E-state index in [0.29, 0.717) is 12.3 Å². The Balaban J connectivity index is 1.76. The number of pyridine rings is 1. The second kappa shape index (κ2) is 8.09. The standard InChI is InChI=1S/C18H27N3O2/c1-13(2)18(23)21-10-7-15(8-11-21)12-17(22)20-14(3)16-6-4-5-9-19-16/h4-6,9,13-15H,7-8,10-12H2,1-3H3,(H,20,22)/t14-/m1/s1. The summed E-state index contributed by atoms with van der Waals surface area (Å²) >= 11 is 0. The first kappa shape index (κ1) is 17.4. The molecule has 1 saturated heterocycles. The number of nitrogens with one attached hydrogen (secondary N) is 1. The zero-order valence-corrected chi connectivity index (χ0v) is 14.3. The van der Waals surface area contributed by atoms with Crippen LogP contribution in [0.5, 0.6) is 0 Å². The second-order valence-electron chi connectivity index (χ2n) is 6.67. The predicted molar refractivity (Wildman–Crippen MR) is 89.6 cm³/mol. The van der Waals surface area contributed by atoms with Crippen LogP contribution in [-0.2, 0) is 9.59 Å². The summed E-state index contributed by atoms with van der Waals surface area (Å²) in [7, 11) is 0. The lowest BCUT2D eigenvalue weighted by Crippen LogP contribution is -2.41. The zero-order chi connectivity index (χ0) is 16.8. The van der Waals surface area contributed by atoms with Gasteiger partial charge in [0.2, 0.25) is 11.8 Å². The molecule has 1 aliphatic heterocycles. The topological polar surface area (TPSA) is 62.3 Å². The third kappa shape index (κ3) is 5.05. The molecule has 23 heavy (non-hydrogen) atoms. The Kier molecular flexibility index (Phi) is 6.13. The van der Waals surface area contributed by atoms with Crippen molar-refractivity contribution in [1.82, 2.24) is 15.2 Å². The van der Waals surface area contributed by atoms with E-state index in [0.717, 1.165) is 31.6 Å². The van der Waals surface area contributed by atoms with Crippen LogP contribution < -0.4 is 5.32 Å². The third-order valence-corrected chi connectivity index (χ3v) is 4.40. The Morgan fingerprint density at radius 2 is 1.96 bits per heavy atom. The van der Waals surface area contributed by atoms with Crippen LogP contribution in [0.15, 0.2) is 24.4 Å². The van der Waals surface area contributed by atoms with E-state index < -0.39 is 0 Å². The molecule has 5 nitrogen and oxygen atoms in total. The van der Waals surface area contributed by atoms with Crippen molar-refractivity contribution >= 4 is 11.8 Å². The average Bonchev–Trinajstić information content (AvgIpc) is 2.55. The van der Waals surface area contributed by atoms with Crippen molar-refractivity contribution < 1.29 is 9.59 Å². The molecule has 0 bridgehead atoms. The molecule has 0 radical (unpaired) electrons. The highest BCUT2D eigenvalue weighted by molar-refractivity contribution is 5.78. The maximum absolute atomic E-state index is 12.2. The molecule has 2 amide bonds. The highest BCUT2D eigenvalue weighted by Crippen LogP contribution is 2.22. The Morgan fingerprint density at radius 1 is 1.26 bits per heavy atom. The summed E-state index contributed by atoms with van der Waals surface area (Å²) in [4.78, 5) is 30.4.